The molecule has 1 N–H and O–H groups in total. The van der Waals surface area contributed by atoms with Gasteiger partial charge in [0, 0.05) is 5.39 Å². The van der Waals surface area contributed by atoms with Crippen molar-refractivity contribution in [2.45, 2.75) is 16.3 Å². The first-order valence-electron chi connectivity index (χ1n) is 9.65. The minimum Gasteiger partial charge on any atom is -0.497 e. The fraction of sp³-hybridized carbons (Fsp3) is 0.0870. The second-order valence-corrected chi connectivity index (χ2v) is 8.81. The first kappa shape index (κ1) is 21.3. The molecule has 0 fully saturated rings. The second kappa shape index (κ2) is 8.64. The van der Waals surface area contributed by atoms with E-state index in [1.807, 2.05) is 0 Å². The summed E-state index contributed by atoms with van der Waals surface area (Å²) in [5.74, 6) is 0.0544. The van der Waals surface area contributed by atoms with Gasteiger partial charge in [-0.3, -0.25) is 9.59 Å². The summed E-state index contributed by atoms with van der Waals surface area (Å²) in [6.45, 7) is 0. The molecule has 0 radical (unpaired) electrons. The van der Waals surface area contributed by atoms with E-state index < -0.39 is 21.3 Å². The minimum atomic E-state index is -4.05. The number of nitrogens with zero attached hydrogens (tertiary/aromatic N) is 2. The Kier molecular flexibility index (Phi) is 5.74. The van der Waals surface area contributed by atoms with E-state index >= 15 is 0 Å². The zero-order chi connectivity index (χ0) is 22.7. The van der Waals surface area contributed by atoms with Crippen molar-refractivity contribution in [1.82, 2.24) is 9.89 Å². The molecule has 0 saturated heterocycles. The molecular weight excluding hydrogens is 430 g/mol. The van der Waals surface area contributed by atoms with Crippen LogP contribution in [0.2, 0.25) is 0 Å². The number of methoxy groups -OCH3 is 1. The third-order valence-corrected chi connectivity index (χ3v) is 6.51. The number of aromatic nitrogens is 2. The number of fused-ring (bicyclic) bond motifs is 1. The number of rotatable bonds is 6. The van der Waals surface area contributed by atoms with E-state index in [2.05, 4.69) is 10.5 Å². The lowest BCUT2D eigenvalue weighted by atomic mass is 10.1. The molecule has 1 aromatic heterocycles. The van der Waals surface area contributed by atoms with Gasteiger partial charge in [0.05, 0.1) is 23.8 Å². The van der Waals surface area contributed by atoms with Crippen LogP contribution in [0.1, 0.15) is 5.56 Å². The molecule has 0 saturated carbocycles. The Labute approximate surface area is 184 Å². The Bertz CT molecular complexity index is 1460. The van der Waals surface area contributed by atoms with E-state index in [1.165, 1.54) is 31.4 Å². The SMILES string of the molecule is COc1cccc(CC(=O)Nn2nc(S(=O)(=O)c3ccccc3)c3ccccc3c2=O)c1. The summed E-state index contributed by atoms with van der Waals surface area (Å²) in [6, 6.07) is 21.0. The van der Waals surface area contributed by atoms with Gasteiger partial charge in [0.15, 0.2) is 5.03 Å². The van der Waals surface area contributed by atoms with Crippen LogP contribution in [0.5, 0.6) is 5.75 Å². The van der Waals surface area contributed by atoms with Crippen LogP contribution in [-0.4, -0.2) is 31.3 Å². The van der Waals surface area contributed by atoms with Crippen molar-refractivity contribution < 1.29 is 17.9 Å². The van der Waals surface area contributed by atoms with Crippen LogP contribution < -0.4 is 15.7 Å². The number of hydrogen-bond acceptors (Lipinski definition) is 6. The molecule has 0 aliphatic rings. The van der Waals surface area contributed by atoms with Gasteiger partial charge in [-0.15, -0.1) is 9.89 Å². The van der Waals surface area contributed by atoms with E-state index in [0.29, 0.717) is 16.1 Å². The van der Waals surface area contributed by atoms with E-state index in [-0.39, 0.29) is 27.1 Å². The Morgan fingerprint density at radius 2 is 1.66 bits per heavy atom. The Hall–Kier alpha value is -3.98. The van der Waals surface area contributed by atoms with Crippen LogP contribution in [0.25, 0.3) is 10.8 Å². The van der Waals surface area contributed by atoms with Crippen molar-refractivity contribution >= 4 is 26.5 Å². The largest absolute Gasteiger partial charge is 0.497 e. The Balaban J connectivity index is 1.76. The van der Waals surface area contributed by atoms with Gasteiger partial charge in [-0.2, -0.15) is 0 Å². The third-order valence-electron chi connectivity index (χ3n) is 4.81. The molecule has 3 aromatic carbocycles. The molecule has 0 aliphatic carbocycles. The molecule has 8 nitrogen and oxygen atoms in total. The summed E-state index contributed by atoms with van der Waals surface area (Å²) in [6.07, 6.45) is -0.0566. The molecule has 9 heteroatoms. The molecule has 162 valence electrons. The number of amides is 1. The third kappa shape index (κ3) is 4.10. The monoisotopic (exact) mass is 449 g/mol. The Morgan fingerprint density at radius 3 is 2.38 bits per heavy atom. The normalized spacial score (nSPS) is 11.3. The fourth-order valence-electron chi connectivity index (χ4n) is 3.27. The molecule has 32 heavy (non-hydrogen) atoms. The lowest BCUT2D eigenvalue weighted by Gasteiger charge is -2.12. The van der Waals surface area contributed by atoms with Gasteiger partial charge in [0.1, 0.15) is 5.75 Å². The van der Waals surface area contributed by atoms with Crippen molar-refractivity contribution in [3.8, 4) is 5.75 Å². The number of benzene rings is 3. The average molecular weight is 449 g/mol. The summed E-state index contributed by atoms with van der Waals surface area (Å²) < 4.78 is 31.7. The van der Waals surface area contributed by atoms with E-state index in [1.54, 1.807) is 54.6 Å². The summed E-state index contributed by atoms with van der Waals surface area (Å²) in [4.78, 5) is 26.2. The maximum absolute atomic E-state index is 13.3. The van der Waals surface area contributed by atoms with Crippen LogP contribution in [0.3, 0.4) is 0 Å². The maximum Gasteiger partial charge on any atom is 0.294 e. The maximum atomic E-state index is 13.3. The fourth-order valence-corrected chi connectivity index (χ4v) is 4.67. The number of carbonyl (C=O) groups is 1. The van der Waals surface area contributed by atoms with Crippen LogP contribution >= 0.6 is 0 Å². The predicted molar refractivity (Wildman–Crippen MR) is 119 cm³/mol. The highest BCUT2D eigenvalue weighted by Crippen LogP contribution is 2.24. The minimum absolute atomic E-state index is 0.0329. The second-order valence-electron chi connectivity index (χ2n) is 6.95. The van der Waals surface area contributed by atoms with Crippen molar-refractivity contribution in [2.24, 2.45) is 0 Å². The zero-order valence-electron chi connectivity index (χ0n) is 17.1. The summed E-state index contributed by atoms with van der Waals surface area (Å²) in [7, 11) is -2.53. The number of sulfone groups is 1. The smallest absolute Gasteiger partial charge is 0.294 e. The zero-order valence-corrected chi connectivity index (χ0v) is 17.9. The average Bonchev–Trinajstić information content (AvgIpc) is 2.81. The van der Waals surface area contributed by atoms with Crippen LogP contribution in [0.15, 0.2) is 93.6 Å². The number of hydrogen-bond donors (Lipinski definition) is 1. The summed E-state index contributed by atoms with van der Waals surface area (Å²) in [5, 5.41) is 4.01. The summed E-state index contributed by atoms with van der Waals surface area (Å²) >= 11 is 0. The number of nitrogens with one attached hydrogen (secondary N) is 1. The molecule has 0 aliphatic heterocycles. The lowest BCUT2D eigenvalue weighted by Crippen LogP contribution is -2.37. The van der Waals surface area contributed by atoms with E-state index in [0.717, 1.165) is 0 Å². The van der Waals surface area contributed by atoms with Gasteiger partial charge in [-0.25, -0.2) is 13.8 Å². The van der Waals surface area contributed by atoms with Gasteiger partial charge < -0.3 is 4.74 Å². The van der Waals surface area contributed by atoms with Crippen molar-refractivity contribution in [2.75, 3.05) is 12.5 Å². The number of carbonyl (C=O) groups excluding carboxylic acids is 1. The highest BCUT2D eigenvalue weighted by molar-refractivity contribution is 7.91. The van der Waals surface area contributed by atoms with Crippen molar-refractivity contribution in [3.63, 3.8) is 0 Å². The molecular formula is C23H19N3O5S. The van der Waals surface area contributed by atoms with E-state index in [4.69, 9.17) is 4.74 Å². The molecule has 0 spiro atoms. The number of ether oxygens (including phenoxy) is 1. The van der Waals surface area contributed by atoms with E-state index in [9.17, 15) is 18.0 Å². The van der Waals surface area contributed by atoms with Gasteiger partial charge >= 0.3 is 0 Å². The first-order chi connectivity index (χ1) is 15.4. The highest BCUT2D eigenvalue weighted by atomic mass is 32.2. The first-order valence-corrected chi connectivity index (χ1v) is 11.1. The van der Waals surface area contributed by atoms with Crippen molar-refractivity contribution in [3.05, 3.63) is 94.8 Å². The molecule has 4 aromatic rings. The van der Waals surface area contributed by atoms with Gasteiger partial charge in [0.2, 0.25) is 15.7 Å². The standard InChI is InChI=1S/C23H19N3O5S/c1-31-17-9-7-8-16(14-17)15-21(27)24-26-23(28)20-13-6-5-12-19(20)22(25-26)32(29,30)18-10-3-2-4-11-18/h2-14H,15H2,1H3,(H,24,27). The highest BCUT2D eigenvalue weighted by Gasteiger charge is 2.25. The Morgan fingerprint density at radius 1 is 0.969 bits per heavy atom. The molecule has 0 unspecified atom stereocenters. The van der Waals surface area contributed by atoms with Gasteiger partial charge in [0.25, 0.3) is 5.56 Å². The molecule has 4 rings (SSSR count). The van der Waals surface area contributed by atoms with Crippen LogP contribution in [0.4, 0.5) is 0 Å². The summed E-state index contributed by atoms with van der Waals surface area (Å²) in [5.41, 5.74) is 2.43. The van der Waals surface area contributed by atoms with Crippen molar-refractivity contribution in [1.29, 1.82) is 0 Å². The molecule has 0 atom stereocenters. The quantitative estimate of drug-likeness (QED) is 0.485. The lowest BCUT2D eigenvalue weighted by molar-refractivity contribution is -0.116. The molecule has 1 amide bonds. The topological polar surface area (TPSA) is 107 Å². The van der Waals surface area contributed by atoms with Crippen LogP contribution in [0, 0.1) is 0 Å². The van der Waals surface area contributed by atoms with Gasteiger partial charge in [-0.1, -0.05) is 48.5 Å². The molecule has 1 heterocycles. The molecule has 0 bridgehead atoms. The van der Waals surface area contributed by atoms with Crippen LogP contribution in [-0.2, 0) is 21.1 Å². The van der Waals surface area contributed by atoms with Gasteiger partial charge in [-0.05, 0) is 35.9 Å². The predicted octanol–water partition coefficient (Wildman–Crippen LogP) is 2.55.